The van der Waals surface area contributed by atoms with Gasteiger partial charge in [-0.05, 0) is 16.0 Å². The summed E-state index contributed by atoms with van der Waals surface area (Å²) < 4.78 is 1.55. The van der Waals surface area contributed by atoms with Gasteiger partial charge in [-0.15, -0.1) is 34.8 Å². The third-order valence-electron chi connectivity index (χ3n) is 4.65. The molecule has 2 aromatic rings. The average Bonchev–Trinajstić information content (AvgIpc) is 3.38. The number of amides is 2. The maximum atomic E-state index is 12.7. The molecule has 0 aliphatic carbocycles. The molecule has 2 aliphatic rings. The second-order valence-corrected chi connectivity index (χ2v) is 9.72. The number of nitrogen functional groups attached to an aromatic ring is 1. The van der Waals surface area contributed by atoms with Gasteiger partial charge < -0.3 is 16.2 Å². The number of rotatable bonds is 9. The van der Waals surface area contributed by atoms with E-state index in [1.807, 2.05) is 0 Å². The molecule has 12 nitrogen and oxygen atoms in total. The molecule has 32 heavy (non-hydrogen) atoms. The van der Waals surface area contributed by atoms with Crippen molar-refractivity contribution in [3.05, 3.63) is 35.0 Å². The molecule has 1 unspecified atom stereocenters. The Kier molecular flexibility index (Phi) is 6.48. The summed E-state index contributed by atoms with van der Waals surface area (Å²) in [7, 11) is 0. The third kappa shape index (κ3) is 4.35. The van der Waals surface area contributed by atoms with Crippen LogP contribution in [0, 0.1) is 0 Å². The number of β-lactam (4-membered cyclic amide) rings is 1. The number of aliphatic carboxylic acids is 1. The fraction of sp³-hybridized carbons (Fsp3) is 0.353. The SMILES string of the molecule is C=CCn1nnnc1SCC1=C(C(=O)O)N2C(=O)C(NC(=O)Cc3csc(N)n3)[C@@H]2SC1. The van der Waals surface area contributed by atoms with Crippen molar-refractivity contribution < 1.29 is 19.5 Å². The second kappa shape index (κ2) is 9.30. The predicted octanol–water partition coefficient (Wildman–Crippen LogP) is -0.0288. The number of nitrogens with one attached hydrogen (secondary N) is 1. The molecular formula is C17H18N8O4S3. The van der Waals surface area contributed by atoms with Crippen LogP contribution in [-0.4, -0.2) is 75.9 Å². The summed E-state index contributed by atoms with van der Waals surface area (Å²) in [5.74, 6) is -1.30. The number of nitrogens with two attached hydrogens (primary N) is 1. The van der Waals surface area contributed by atoms with E-state index in [1.165, 1.54) is 39.8 Å². The minimum absolute atomic E-state index is 0.00217. The van der Waals surface area contributed by atoms with Crippen LogP contribution in [-0.2, 0) is 27.3 Å². The van der Waals surface area contributed by atoms with E-state index in [0.29, 0.717) is 39.6 Å². The van der Waals surface area contributed by atoms with E-state index in [4.69, 9.17) is 5.73 Å². The molecule has 2 aromatic heterocycles. The van der Waals surface area contributed by atoms with Gasteiger partial charge in [-0.2, -0.15) is 0 Å². The van der Waals surface area contributed by atoms with Gasteiger partial charge in [-0.3, -0.25) is 14.5 Å². The van der Waals surface area contributed by atoms with Gasteiger partial charge >= 0.3 is 5.97 Å². The summed E-state index contributed by atoms with van der Waals surface area (Å²) in [6.45, 7) is 4.08. The highest BCUT2D eigenvalue weighted by Crippen LogP contribution is 2.41. The lowest BCUT2D eigenvalue weighted by molar-refractivity contribution is -0.150. The molecule has 2 amide bonds. The number of hydrogen-bond donors (Lipinski definition) is 3. The van der Waals surface area contributed by atoms with Crippen molar-refractivity contribution in [3.8, 4) is 0 Å². The van der Waals surface area contributed by atoms with Gasteiger partial charge in [0.15, 0.2) is 5.13 Å². The van der Waals surface area contributed by atoms with E-state index in [0.717, 1.165) is 0 Å². The number of tetrazole rings is 1. The van der Waals surface area contributed by atoms with Gasteiger partial charge in [-0.25, -0.2) is 14.5 Å². The average molecular weight is 495 g/mol. The largest absolute Gasteiger partial charge is 0.477 e. The minimum Gasteiger partial charge on any atom is -0.477 e. The van der Waals surface area contributed by atoms with Gasteiger partial charge in [0.1, 0.15) is 17.1 Å². The highest BCUT2D eigenvalue weighted by Gasteiger charge is 2.54. The summed E-state index contributed by atoms with van der Waals surface area (Å²) in [5.41, 5.74) is 6.63. The van der Waals surface area contributed by atoms with Gasteiger partial charge in [0.05, 0.1) is 18.7 Å². The van der Waals surface area contributed by atoms with Crippen LogP contribution in [0.5, 0.6) is 0 Å². The van der Waals surface area contributed by atoms with Crippen LogP contribution in [0.3, 0.4) is 0 Å². The number of nitrogens with zero attached hydrogens (tertiary/aromatic N) is 6. The number of carboxylic acids is 1. The molecule has 4 heterocycles. The van der Waals surface area contributed by atoms with Gasteiger partial charge in [0.25, 0.3) is 5.91 Å². The predicted molar refractivity (Wildman–Crippen MR) is 119 cm³/mol. The van der Waals surface area contributed by atoms with Gasteiger partial charge in [0, 0.05) is 16.9 Å². The third-order valence-corrected chi connectivity index (χ3v) is 7.76. The second-order valence-electron chi connectivity index (χ2n) is 6.79. The highest BCUT2D eigenvalue weighted by molar-refractivity contribution is 8.01. The molecule has 2 atom stereocenters. The summed E-state index contributed by atoms with van der Waals surface area (Å²) in [5, 5.41) is 26.0. The van der Waals surface area contributed by atoms with Gasteiger partial charge in [0.2, 0.25) is 11.1 Å². The maximum Gasteiger partial charge on any atom is 0.352 e. The van der Waals surface area contributed by atoms with E-state index in [-0.39, 0.29) is 18.0 Å². The normalized spacial score (nSPS) is 20.0. The van der Waals surface area contributed by atoms with Crippen molar-refractivity contribution in [1.29, 1.82) is 0 Å². The first kappa shape index (κ1) is 22.3. The van der Waals surface area contributed by atoms with Crippen molar-refractivity contribution in [2.75, 3.05) is 17.2 Å². The molecule has 0 bridgehead atoms. The van der Waals surface area contributed by atoms with Crippen LogP contribution in [0.2, 0.25) is 0 Å². The van der Waals surface area contributed by atoms with Crippen molar-refractivity contribution in [1.82, 2.24) is 35.4 Å². The molecule has 15 heteroatoms. The molecule has 168 valence electrons. The monoisotopic (exact) mass is 494 g/mol. The highest BCUT2D eigenvalue weighted by atomic mass is 32.2. The number of carboxylic acid groups (broad SMARTS) is 1. The first-order chi connectivity index (χ1) is 15.4. The molecule has 0 aromatic carbocycles. The molecule has 1 saturated heterocycles. The molecule has 2 aliphatic heterocycles. The molecule has 4 N–H and O–H groups in total. The number of fused-ring (bicyclic) bond motifs is 1. The number of carbonyl (C=O) groups is 3. The number of carbonyl (C=O) groups excluding carboxylic acids is 2. The molecule has 0 radical (unpaired) electrons. The Bertz CT molecular complexity index is 1110. The van der Waals surface area contributed by atoms with Crippen LogP contribution in [0.4, 0.5) is 5.13 Å². The zero-order valence-corrected chi connectivity index (χ0v) is 19.0. The molecular weight excluding hydrogens is 476 g/mol. The first-order valence-corrected chi connectivity index (χ1v) is 12.2. The standard InChI is InChI=1S/C17H18N8O4S3/c1-2-3-24-17(21-22-23-24)32-6-8-5-30-14-11(13(27)25(14)12(8)15(28)29)20-10(26)4-9-7-31-16(18)19-9/h2,7,11,14H,1,3-6H2,(H2,18,19)(H,20,26)(H,28,29)/t11?,14-/m0/s1. The fourth-order valence-electron chi connectivity index (χ4n) is 3.28. The van der Waals surface area contributed by atoms with E-state index >= 15 is 0 Å². The van der Waals surface area contributed by atoms with Crippen LogP contribution >= 0.6 is 34.9 Å². The first-order valence-electron chi connectivity index (χ1n) is 9.28. The molecule has 4 rings (SSSR count). The number of anilines is 1. The lowest BCUT2D eigenvalue weighted by Crippen LogP contribution is -2.70. The topological polar surface area (TPSA) is 169 Å². The summed E-state index contributed by atoms with van der Waals surface area (Å²) >= 11 is 3.92. The van der Waals surface area contributed by atoms with Crippen LogP contribution < -0.4 is 11.1 Å². The number of thioether (sulfide) groups is 2. The summed E-state index contributed by atoms with van der Waals surface area (Å²) in [6.07, 6.45) is 1.65. The van der Waals surface area contributed by atoms with Crippen molar-refractivity contribution in [3.63, 3.8) is 0 Å². The summed E-state index contributed by atoms with van der Waals surface area (Å²) in [6, 6.07) is -0.785. The number of allylic oxidation sites excluding steroid dienone is 1. The van der Waals surface area contributed by atoms with Gasteiger partial charge in [-0.1, -0.05) is 17.8 Å². The van der Waals surface area contributed by atoms with Crippen molar-refractivity contribution in [2.45, 2.75) is 29.5 Å². The Balaban J connectivity index is 1.43. The Morgan fingerprint density at radius 3 is 2.97 bits per heavy atom. The smallest absolute Gasteiger partial charge is 0.352 e. The molecule has 1 fully saturated rings. The molecule has 0 saturated carbocycles. The number of hydrogen-bond acceptors (Lipinski definition) is 11. The lowest BCUT2D eigenvalue weighted by Gasteiger charge is -2.49. The molecule has 0 spiro atoms. The minimum atomic E-state index is -1.19. The van der Waals surface area contributed by atoms with E-state index in [1.54, 1.807) is 16.1 Å². The quantitative estimate of drug-likeness (QED) is 0.243. The zero-order chi connectivity index (χ0) is 22.8. The fourth-order valence-corrected chi connectivity index (χ4v) is 6.21. The number of thiazole rings is 1. The van der Waals surface area contributed by atoms with Crippen LogP contribution in [0.15, 0.2) is 34.5 Å². The van der Waals surface area contributed by atoms with Crippen LogP contribution in [0.25, 0.3) is 0 Å². The van der Waals surface area contributed by atoms with E-state index in [9.17, 15) is 19.5 Å². The van der Waals surface area contributed by atoms with Crippen molar-refractivity contribution >= 4 is 57.8 Å². The van der Waals surface area contributed by atoms with Crippen molar-refractivity contribution in [2.24, 2.45) is 0 Å². The van der Waals surface area contributed by atoms with E-state index in [2.05, 4.69) is 32.4 Å². The Morgan fingerprint density at radius 2 is 2.28 bits per heavy atom. The summed E-state index contributed by atoms with van der Waals surface area (Å²) in [4.78, 5) is 42.3. The Hall–Kier alpha value is -2.91. The number of aromatic nitrogens is 5. The zero-order valence-electron chi connectivity index (χ0n) is 16.5. The maximum absolute atomic E-state index is 12.7. The lowest BCUT2D eigenvalue weighted by atomic mass is 10.0. The van der Waals surface area contributed by atoms with Crippen LogP contribution in [0.1, 0.15) is 5.69 Å². The Labute approximate surface area is 194 Å². The Morgan fingerprint density at radius 1 is 1.47 bits per heavy atom. The van der Waals surface area contributed by atoms with E-state index < -0.39 is 23.3 Å².